The van der Waals surface area contributed by atoms with Crippen molar-refractivity contribution in [2.24, 2.45) is 5.41 Å². The standard InChI is InChI=1S/C19H29N3O2/c1-12-8-15-17(9-19(4,5)10-18(15)24-12)20-11-16-13(2)21-22(6-7-23)14(16)3/h8,17,20,23H,6-7,9-11H2,1-5H3/t17-/m0/s1. The highest BCUT2D eigenvalue weighted by atomic mass is 16.3. The van der Waals surface area contributed by atoms with Crippen LogP contribution in [0.1, 0.15) is 60.3 Å². The van der Waals surface area contributed by atoms with Gasteiger partial charge >= 0.3 is 0 Å². The third-order valence-corrected chi connectivity index (χ3v) is 5.10. The van der Waals surface area contributed by atoms with Crippen molar-refractivity contribution >= 4 is 0 Å². The zero-order valence-electron chi connectivity index (χ0n) is 15.4. The molecule has 0 aliphatic heterocycles. The number of furan rings is 1. The maximum atomic E-state index is 9.16. The van der Waals surface area contributed by atoms with Crippen LogP contribution >= 0.6 is 0 Å². The van der Waals surface area contributed by atoms with Crippen LogP contribution < -0.4 is 5.32 Å². The van der Waals surface area contributed by atoms with E-state index in [2.05, 4.69) is 37.3 Å². The lowest BCUT2D eigenvalue weighted by Gasteiger charge is -2.35. The number of aliphatic hydroxyl groups excluding tert-OH is 1. The highest BCUT2D eigenvalue weighted by Crippen LogP contribution is 2.42. The van der Waals surface area contributed by atoms with Crippen molar-refractivity contribution < 1.29 is 9.52 Å². The SMILES string of the molecule is Cc1cc2c(o1)CC(C)(C)C[C@@H]2NCc1c(C)nn(CCO)c1C. The fourth-order valence-electron chi connectivity index (χ4n) is 3.89. The summed E-state index contributed by atoms with van der Waals surface area (Å²) in [6.07, 6.45) is 2.10. The minimum Gasteiger partial charge on any atom is -0.466 e. The molecule has 24 heavy (non-hydrogen) atoms. The molecule has 1 aliphatic carbocycles. The first-order valence-corrected chi connectivity index (χ1v) is 8.77. The third-order valence-electron chi connectivity index (χ3n) is 5.10. The van der Waals surface area contributed by atoms with Gasteiger partial charge in [0.2, 0.25) is 0 Å². The van der Waals surface area contributed by atoms with E-state index in [1.165, 1.54) is 11.1 Å². The fraction of sp³-hybridized carbons (Fsp3) is 0.632. The predicted octanol–water partition coefficient (Wildman–Crippen LogP) is 3.20. The van der Waals surface area contributed by atoms with Crippen LogP contribution in [0, 0.1) is 26.2 Å². The Bertz CT molecular complexity index is 727. The molecule has 2 N–H and O–H groups in total. The molecule has 3 rings (SSSR count). The molecule has 5 heteroatoms. The van der Waals surface area contributed by atoms with E-state index in [1.807, 2.05) is 18.5 Å². The van der Waals surface area contributed by atoms with Crippen LogP contribution in [0.5, 0.6) is 0 Å². The Balaban J connectivity index is 1.79. The Hall–Kier alpha value is -1.59. The second-order valence-corrected chi connectivity index (χ2v) is 7.81. The molecule has 0 unspecified atom stereocenters. The minimum absolute atomic E-state index is 0.114. The summed E-state index contributed by atoms with van der Waals surface area (Å²) in [5.41, 5.74) is 4.94. The summed E-state index contributed by atoms with van der Waals surface area (Å²) in [7, 11) is 0. The number of fused-ring (bicyclic) bond motifs is 1. The van der Waals surface area contributed by atoms with Crippen molar-refractivity contribution in [3.05, 3.63) is 40.1 Å². The second-order valence-electron chi connectivity index (χ2n) is 7.81. The van der Waals surface area contributed by atoms with Crippen molar-refractivity contribution in [2.75, 3.05) is 6.61 Å². The number of aromatic nitrogens is 2. The van der Waals surface area contributed by atoms with E-state index < -0.39 is 0 Å². The molecule has 2 aromatic rings. The molecule has 0 spiro atoms. The molecule has 0 aromatic carbocycles. The minimum atomic E-state index is 0.114. The first-order chi connectivity index (χ1) is 11.3. The number of nitrogens with zero attached hydrogens (tertiary/aromatic N) is 2. The Morgan fingerprint density at radius 1 is 1.38 bits per heavy atom. The zero-order valence-corrected chi connectivity index (χ0v) is 15.4. The van der Waals surface area contributed by atoms with E-state index in [0.29, 0.717) is 12.6 Å². The molecule has 1 atom stereocenters. The Kier molecular flexibility index (Phi) is 4.58. The van der Waals surface area contributed by atoms with Gasteiger partial charge in [0.1, 0.15) is 11.5 Å². The van der Waals surface area contributed by atoms with Gasteiger partial charge in [0, 0.05) is 35.8 Å². The first kappa shape index (κ1) is 17.2. The van der Waals surface area contributed by atoms with Gasteiger partial charge in [0.05, 0.1) is 18.8 Å². The van der Waals surface area contributed by atoms with Crippen molar-refractivity contribution in [3.8, 4) is 0 Å². The van der Waals surface area contributed by atoms with Gasteiger partial charge in [-0.25, -0.2) is 0 Å². The summed E-state index contributed by atoms with van der Waals surface area (Å²) >= 11 is 0. The zero-order chi connectivity index (χ0) is 17.5. The van der Waals surface area contributed by atoms with Crippen LogP contribution in [0.2, 0.25) is 0 Å². The Labute approximate surface area is 144 Å². The monoisotopic (exact) mass is 331 g/mol. The molecule has 0 saturated heterocycles. The normalized spacial score (nSPS) is 19.5. The van der Waals surface area contributed by atoms with Gasteiger partial charge in [-0.15, -0.1) is 0 Å². The smallest absolute Gasteiger partial charge is 0.109 e. The number of hydrogen-bond donors (Lipinski definition) is 2. The van der Waals surface area contributed by atoms with Gasteiger partial charge in [-0.3, -0.25) is 4.68 Å². The van der Waals surface area contributed by atoms with Crippen LogP contribution in [0.4, 0.5) is 0 Å². The highest BCUT2D eigenvalue weighted by Gasteiger charge is 2.34. The molecule has 0 radical (unpaired) electrons. The Morgan fingerprint density at radius 2 is 2.12 bits per heavy atom. The molecule has 1 aliphatic rings. The van der Waals surface area contributed by atoms with Gasteiger partial charge in [-0.2, -0.15) is 5.10 Å². The third kappa shape index (κ3) is 3.28. The number of hydrogen-bond acceptors (Lipinski definition) is 4. The molecule has 0 fully saturated rings. The molecule has 0 amide bonds. The number of aryl methyl sites for hydroxylation is 2. The van der Waals surface area contributed by atoms with Crippen LogP contribution in [0.3, 0.4) is 0 Å². The average molecular weight is 331 g/mol. The van der Waals surface area contributed by atoms with Crippen molar-refractivity contribution in [1.29, 1.82) is 0 Å². The lowest BCUT2D eigenvalue weighted by Crippen LogP contribution is -2.32. The number of aliphatic hydroxyl groups is 1. The van der Waals surface area contributed by atoms with Crippen LogP contribution in [0.25, 0.3) is 0 Å². The summed E-state index contributed by atoms with van der Waals surface area (Å²) < 4.78 is 7.82. The van der Waals surface area contributed by atoms with Gasteiger partial charge in [0.25, 0.3) is 0 Å². The lowest BCUT2D eigenvalue weighted by atomic mass is 9.74. The molecule has 0 bridgehead atoms. The van der Waals surface area contributed by atoms with Crippen LogP contribution in [0.15, 0.2) is 10.5 Å². The average Bonchev–Trinajstić information content (AvgIpc) is 2.96. The van der Waals surface area contributed by atoms with Crippen molar-refractivity contribution in [3.63, 3.8) is 0 Å². The largest absolute Gasteiger partial charge is 0.466 e. The maximum Gasteiger partial charge on any atom is 0.109 e. The molecular weight excluding hydrogens is 302 g/mol. The number of nitrogens with one attached hydrogen (secondary N) is 1. The lowest BCUT2D eigenvalue weighted by molar-refractivity contribution is 0.233. The quantitative estimate of drug-likeness (QED) is 0.883. The van der Waals surface area contributed by atoms with Crippen molar-refractivity contribution in [2.45, 2.75) is 66.6 Å². The van der Waals surface area contributed by atoms with Gasteiger partial charge in [0.15, 0.2) is 0 Å². The summed E-state index contributed by atoms with van der Waals surface area (Å²) in [6, 6.07) is 2.48. The first-order valence-electron chi connectivity index (χ1n) is 8.77. The van der Waals surface area contributed by atoms with E-state index in [1.54, 1.807) is 0 Å². The topological polar surface area (TPSA) is 63.2 Å². The van der Waals surface area contributed by atoms with E-state index in [0.717, 1.165) is 42.3 Å². The molecule has 5 nitrogen and oxygen atoms in total. The maximum absolute atomic E-state index is 9.16. The van der Waals surface area contributed by atoms with Gasteiger partial charge in [-0.1, -0.05) is 13.8 Å². The molecular formula is C19H29N3O2. The molecule has 2 heterocycles. The second kappa shape index (κ2) is 6.37. The van der Waals surface area contributed by atoms with Gasteiger partial charge < -0.3 is 14.8 Å². The van der Waals surface area contributed by atoms with E-state index >= 15 is 0 Å². The highest BCUT2D eigenvalue weighted by molar-refractivity contribution is 5.30. The Morgan fingerprint density at radius 3 is 2.83 bits per heavy atom. The van der Waals surface area contributed by atoms with Crippen molar-refractivity contribution in [1.82, 2.24) is 15.1 Å². The van der Waals surface area contributed by atoms with E-state index in [-0.39, 0.29) is 12.0 Å². The summed E-state index contributed by atoms with van der Waals surface area (Å²) in [6.45, 7) is 12.2. The molecule has 2 aromatic heterocycles. The summed E-state index contributed by atoms with van der Waals surface area (Å²) in [5.74, 6) is 2.12. The molecule has 132 valence electrons. The fourth-order valence-corrected chi connectivity index (χ4v) is 3.89. The van der Waals surface area contributed by atoms with E-state index in [9.17, 15) is 0 Å². The van der Waals surface area contributed by atoms with Crippen LogP contribution in [-0.4, -0.2) is 21.5 Å². The molecule has 0 saturated carbocycles. The van der Waals surface area contributed by atoms with E-state index in [4.69, 9.17) is 9.52 Å². The number of rotatable bonds is 5. The van der Waals surface area contributed by atoms with Gasteiger partial charge in [-0.05, 0) is 38.7 Å². The summed E-state index contributed by atoms with van der Waals surface area (Å²) in [5, 5.41) is 17.4. The van der Waals surface area contributed by atoms with Crippen LogP contribution in [-0.2, 0) is 19.5 Å². The summed E-state index contributed by atoms with van der Waals surface area (Å²) in [4.78, 5) is 0. The predicted molar refractivity (Wildman–Crippen MR) is 93.9 cm³/mol.